The fraction of sp³-hybridized carbons (Fsp3) is 0.400. The molecule has 0 aliphatic rings. The largest absolute Gasteiger partial charge is 0.330 e. The zero-order chi connectivity index (χ0) is 11.4. The number of hydrogen-bond donors (Lipinski definition) is 1. The molecule has 84 valence electrons. The molecule has 0 saturated carbocycles. The summed E-state index contributed by atoms with van der Waals surface area (Å²) in [4.78, 5) is 0. The first-order valence-electron chi connectivity index (χ1n) is 4.60. The van der Waals surface area contributed by atoms with E-state index in [9.17, 15) is 0 Å². The summed E-state index contributed by atoms with van der Waals surface area (Å²) in [6.07, 6.45) is 2.60. The molecule has 1 aromatic carbocycles. The van der Waals surface area contributed by atoms with Crippen LogP contribution in [-0.4, -0.2) is 6.54 Å². The van der Waals surface area contributed by atoms with Crippen molar-refractivity contribution in [2.24, 2.45) is 5.73 Å². The van der Waals surface area contributed by atoms with Crippen LogP contribution >= 0.6 is 46.4 Å². The van der Waals surface area contributed by atoms with Crippen molar-refractivity contribution < 1.29 is 0 Å². The number of halogens is 4. The molecule has 0 aromatic heterocycles. The summed E-state index contributed by atoms with van der Waals surface area (Å²) in [6.45, 7) is 0.656. The number of benzene rings is 1. The normalized spacial score (nSPS) is 10.7. The molecule has 0 aliphatic carbocycles. The summed E-state index contributed by atoms with van der Waals surface area (Å²) in [7, 11) is 0. The number of hydrogen-bond acceptors (Lipinski definition) is 1. The SMILES string of the molecule is NCCCCc1c(Cl)c(Cl)cc(Cl)c1Cl. The summed E-state index contributed by atoms with van der Waals surface area (Å²) >= 11 is 23.9. The van der Waals surface area contributed by atoms with Crippen LogP contribution in [-0.2, 0) is 6.42 Å². The molecule has 0 atom stereocenters. The van der Waals surface area contributed by atoms with Crippen molar-refractivity contribution in [3.05, 3.63) is 31.7 Å². The summed E-state index contributed by atoms with van der Waals surface area (Å²) in [6, 6.07) is 1.56. The van der Waals surface area contributed by atoms with Crippen molar-refractivity contribution in [1.82, 2.24) is 0 Å². The predicted octanol–water partition coefficient (Wildman–Crippen LogP) is 4.58. The third kappa shape index (κ3) is 3.40. The quantitative estimate of drug-likeness (QED) is 0.636. The fourth-order valence-electron chi connectivity index (χ4n) is 1.29. The van der Waals surface area contributed by atoms with E-state index in [1.807, 2.05) is 0 Å². The molecule has 0 amide bonds. The highest BCUT2D eigenvalue weighted by molar-refractivity contribution is 6.48. The molecular formula is C10H11Cl4N. The summed E-state index contributed by atoms with van der Waals surface area (Å²) in [5.74, 6) is 0. The molecule has 1 aromatic rings. The van der Waals surface area contributed by atoms with Gasteiger partial charge in [0.1, 0.15) is 0 Å². The van der Waals surface area contributed by atoms with E-state index >= 15 is 0 Å². The number of nitrogens with two attached hydrogens (primary N) is 1. The first-order chi connectivity index (χ1) is 7.07. The molecule has 0 saturated heterocycles. The molecule has 5 heteroatoms. The Morgan fingerprint density at radius 1 is 0.933 bits per heavy atom. The van der Waals surface area contributed by atoms with Crippen molar-refractivity contribution in [1.29, 1.82) is 0 Å². The summed E-state index contributed by atoms with van der Waals surface area (Å²) in [5.41, 5.74) is 6.22. The van der Waals surface area contributed by atoms with E-state index in [0.717, 1.165) is 24.8 Å². The van der Waals surface area contributed by atoms with Gasteiger partial charge in [-0.2, -0.15) is 0 Å². The van der Waals surface area contributed by atoms with Crippen LogP contribution in [0.15, 0.2) is 6.07 Å². The molecule has 1 nitrogen and oxygen atoms in total. The van der Waals surface area contributed by atoms with E-state index < -0.39 is 0 Å². The van der Waals surface area contributed by atoms with Gasteiger partial charge in [0, 0.05) is 0 Å². The zero-order valence-electron chi connectivity index (χ0n) is 7.99. The number of rotatable bonds is 4. The van der Waals surface area contributed by atoms with Crippen molar-refractivity contribution in [3.8, 4) is 0 Å². The van der Waals surface area contributed by atoms with Crippen LogP contribution in [0.2, 0.25) is 20.1 Å². The van der Waals surface area contributed by atoms with Gasteiger partial charge in [-0.15, -0.1) is 0 Å². The highest BCUT2D eigenvalue weighted by Crippen LogP contribution is 2.37. The van der Waals surface area contributed by atoms with Gasteiger partial charge in [0.15, 0.2) is 0 Å². The Morgan fingerprint density at radius 2 is 1.47 bits per heavy atom. The van der Waals surface area contributed by atoms with Gasteiger partial charge in [-0.05, 0) is 37.4 Å². The van der Waals surface area contributed by atoms with Crippen molar-refractivity contribution >= 4 is 46.4 Å². The lowest BCUT2D eigenvalue weighted by Gasteiger charge is -2.09. The standard InChI is InChI=1S/C10H11Cl4N/c11-7-5-8(12)10(14)6(9(7)13)3-1-2-4-15/h5H,1-4,15H2. The lowest BCUT2D eigenvalue weighted by atomic mass is 10.1. The first-order valence-corrected chi connectivity index (χ1v) is 6.11. The van der Waals surface area contributed by atoms with Gasteiger partial charge in [0.05, 0.1) is 20.1 Å². The summed E-state index contributed by atoms with van der Waals surface area (Å²) < 4.78 is 0. The maximum atomic E-state index is 6.04. The van der Waals surface area contributed by atoms with E-state index in [2.05, 4.69) is 0 Å². The van der Waals surface area contributed by atoms with E-state index in [1.165, 1.54) is 0 Å². The lowest BCUT2D eigenvalue weighted by Crippen LogP contribution is -1.99. The van der Waals surface area contributed by atoms with Crippen LogP contribution in [0.3, 0.4) is 0 Å². The Bertz CT molecular complexity index is 326. The van der Waals surface area contributed by atoms with Gasteiger partial charge in [0.25, 0.3) is 0 Å². The van der Waals surface area contributed by atoms with E-state index in [4.69, 9.17) is 52.1 Å². The molecule has 0 fully saturated rings. The second-order valence-corrected chi connectivity index (χ2v) is 4.76. The number of unbranched alkanes of at least 4 members (excludes halogenated alkanes) is 1. The molecular weight excluding hydrogens is 276 g/mol. The minimum Gasteiger partial charge on any atom is -0.330 e. The molecule has 0 heterocycles. The third-order valence-electron chi connectivity index (χ3n) is 2.08. The Labute approximate surface area is 109 Å². The van der Waals surface area contributed by atoms with Gasteiger partial charge < -0.3 is 5.73 Å². The predicted molar refractivity (Wildman–Crippen MR) is 68.5 cm³/mol. The van der Waals surface area contributed by atoms with Gasteiger partial charge in [0.2, 0.25) is 0 Å². The first kappa shape index (κ1) is 13.4. The van der Waals surface area contributed by atoms with Crippen molar-refractivity contribution in [2.45, 2.75) is 19.3 Å². The monoisotopic (exact) mass is 285 g/mol. The molecule has 15 heavy (non-hydrogen) atoms. The highest BCUT2D eigenvalue weighted by Gasteiger charge is 2.13. The minimum absolute atomic E-state index is 0.439. The average molecular weight is 287 g/mol. The van der Waals surface area contributed by atoms with Gasteiger partial charge in [-0.25, -0.2) is 0 Å². The van der Waals surface area contributed by atoms with Gasteiger partial charge in [-0.3, -0.25) is 0 Å². The fourth-order valence-corrected chi connectivity index (χ4v) is 2.33. The topological polar surface area (TPSA) is 26.0 Å². The maximum Gasteiger partial charge on any atom is 0.0640 e. The molecule has 2 N–H and O–H groups in total. The van der Waals surface area contributed by atoms with Crippen LogP contribution in [0.4, 0.5) is 0 Å². The Hall–Kier alpha value is 0.340. The van der Waals surface area contributed by atoms with Crippen molar-refractivity contribution in [3.63, 3.8) is 0 Å². The van der Waals surface area contributed by atoms with Crippen LogP contribution in [0.1, 0.15) is 18.4 Å². The molecule has 0 aliphatic heterocycles. The van der Waals surface area contributed by atoms with Gasteiger partial charge in [-0.1, -0.05) is 46.4 Å². The second-order valence-electron chi connectivity index (χ2n) is 3.19. The van der Waals surface area contributed by atoms with E-state index in [-0.39, 0.29) is 0 Å². The summed E-state index contributed by atoms with van der Waals surface area (Å²) in [5, 5.41) is 1.86. The van der Waals surface area contributed by atoms with E-state index in [1.54, 1.807) is 6.07 Å². The zero-order valence-corrected chi connectivity index (χ0v) is 11.0. The molecule has 0 bridgehead atoms. The average Bonchev–Trinajstić information content (AvgIpc) is 2.20. The Balaban J connectivity index is 2.94. The molecule has 0 unspecified atom stereocenters. The molecule has 1 rings (SSSR count). The Morgan fingerprint density at radius 3 is 1.93 bits per heavy atom. The smallest absolute Gasteiger partial charge is 0.0640 e. The molecule has 0 spiro atoms. The molecule has 0 radical (unpaired) electrons. The maximum absolute atomic E-state index is 6.04. The highest BCUT2D eigenvalue weighted by atomic mass is 35.5. The lowest BCUT2D eigenvalue weighted by molar-refractivity contribution is 0.745. The van der Waals surface area contributed by atoms with E-state index in [0.29, 0.717) is 26.6 Å². The van der Waals surface area contributed by atoms with Crippen LogP contribution in [0, 0.1) is 0 Å². The van der Waals surface area contributed by atoms with Crippen molar-refractivity contribution in [2.75, 3.05) is 6.54 Å². The second kappa shape index (κ2) is 6.17. The van der Waals surface area contributed by atoms with Crippen LogP contribution in [0.5, 0.6) is 0 Å². The minimum atomic E-state index is 0.439. The Kier molecular flexibility index (Phi) is 5.51. The van der Waals surface area contributed by atoms with Gasteiger partial charge >= 0.3 is 0 Å². The third-order valence-corrected chi connectivity index (χ3v) is 3.74. The van der Waals surface area contributed by atoms with Crippen LogP contribution < -0.4 is 5.73 Å². The van der Waals surface area contributed by atoms with Crippen LogP contribution in [0.25, 0.3) is 0 Å².